The number of carbonyl (C=O) groups excluding carboxylic acids is 1. The molecule has 2 atom stereocenters. The summed E-state index contributed by atoms with van der Waals surface area (Å²) in [6, 6.07) is 11.5. The number of thioether (sulfide) groups is 1. The molecular formula is C18H18N2O4S. The number of rotatable bonds is 6. The van der Waals surface area contributed by atoms with Crippen molar-refractivity contribution in [3.8, 4) is 0 Å². The van der Waals surface area contributed by atoms with E-state index in [1.807, 2.05) is 42.6 Å². The van der Waals surface area contributed by atoms with Crippen LogP contribution in [0.25, 0.3) is 0 Å². The topological polar surface area (TPSA) is 88.5 Å². The summed E-state index contributed by atoms with van der Waals surface area (Å²) in [5, 5.41) is 11.7. The van der Waals surface area contributed by atoms with Crippen LogP contribution in [0.3, 0.4) is 0 Å². The predicted octanol–water partition coefficient (Wildman–Crippen LogP) is 2.94. The summed E-state index contributed by atoms with van der Waals surface area (Å²) < 4.78 is 5.25. The number of carboxylic acids is 1. The minimum Gasteiger partial charge on any atom is -0.479 e. The Morgan fingerprint density at radius 1 is 1.20 bits per heavy atom. The van der Waals surface area contributed by atoms with Crippen LogP contribution in [0.4, 0.5) is 5.69 Å². The van der Waals surface area contributed by atoms with E-state index in [2.05, 4.69) is 10.3 Å². The Kier molecular flexibility index (Phi) is 5.67. The van der Waals surface area contributed by atoms with E-state index in [1.165, 1.54) is 0 Å². The average molecular weight is 358 g/mol. The van der Waals surface area contributed by atoms with Gasteiger partial charge < -0.3 is 15.2 Å². The van der Waals surface area contributed by atoms with Crippen LogP contribution in [0.1, 0.15) is 18.4 Å². The Labute approximate surface area is 149 Å². The summed E-state index contributed by atoms with van der Waals surface area (Å²) in [5.74, 6) is -0.503. The number of nitrogens with zero attached hydrogens (tertiary/aromatic N) is 1. The first-order chi connectivity index (χ1) is 12.1. The molecule has 130 valence electrons. The molecule has 1 saturated heterocycles. The number of hydrogen-bond donors (Lipinski definition) is 2. The molecule has 2 N–H and O–H groups in total. The van der Waals surface area contributed by atoms with Crippen molar-refractivity contribution in [3.05, 3.63) is 54.4 Å². The fourth-order valence-corrected chi connectivity index (χ4v) is 3.35. The van der Waals surface area contributed by atoms with Gasteiger partial charge in [0, 0.05) is 28.7 Å². The fraction of sp³-hybridized carbons (Fsp3) is 0.278. The van der Waals surface area contributed by atoms with E-state index in [0.717, 1.165) is 16.2 Å². The molecule has 1 aromatic carbocycles. The number of anilines is 1. The van der Waals surface area contributed by atoms with Crippen LogP contribution in [0.15, 0.2) is 53.7 Å². The Hall–Kier alpha value is -2.38. The van der Waals surface area contributed by atoms with Crippen LogP contribution in [0.5, 0.6) is 0 Å². The number of carbonyl (C=O) groups is 2. The van der Waals surface area contributed by atoms with Crippen LogP contribution in [0.2, 0.25) is 0 Å². The third-order valence-corrected chi connectivity index (χ3v) is 4.92. The summed E-state index contributed by atoms with van der Waals surface area (Å²) in [6.45, 7) is 0. The summed E-state index contributed by atoms with van der Waals surface area (Å²) in [7, 11) is 0. The van der Waals surface area contributed by atoms with E-state index in [9.17, 15) is 9.59 Å². The number of aromatic nitrogens is 1. The van der Waals surface area contributed by atoms with Gasteiger partial charge in [-0.25, -0.2) is 4.79 Å². The molecule has 0 unspecified atom stereocenters. The second-order valence-corrected chi connectivity index (χ2v) is 6.74. The first-order valence-corrected chi connectivity index (χ1v) is 8.91. The molecular weight excluding hydrogens is 340 g/mol. The van der Waals surface area contributed by atoms with Crippen LogP contribution in [-0.4, -0.2) is 34.2 Å². The number of benzene rings is 1. The second kappa shape index (κ2) is 8.13. The number of hydrogen-bond acceptors (Lipinski definition) is 5. The van der Waals surface area contributed by atoms with Crippen LogP contribution < -0.4 is 5.32 Å². The molecule has 2 heterocycles. The molecule has 0 spiro atoms. The molecule has 1 aliphatic rings. The van der Waals surface area contributed by atoms with Crippen molar-refractivity contribution in [2.45, 2.75) is 35.7 Å². The van der Waals surface area contributed by atoms with Crippen LogP contribution >= 0.6 is 11.8 Å². The SMILES string of the molecule is O=C(Nc1ccc(SCc2cccnc2)cc1)[C@@H]1CC[C@H](C(=O)O)O1. The number of ether oxygens (including phenoxy) is 1. The maximum atomic E-state index is 12.1. The van der Waals surface area contributed by atoms with E-state index in [4.69, 9.17) is 9.84 Å². The van der Waals surface area contributed by atoms with Crippen molar-refractivity contribution in [1.82, 2.24) is 4.98 Å². The Bertz CT molecular complexity index is 737. The van der Waals surface area contributed by atoms with Crippen molar-refractivity contribution in [3.63, 3.8) is 0 Å². The summed E-state index contributed by atoms with van der Waals surface area (Å²) in [4.78, 5) is 28.2. The molecule has 3 rings (SSSR count). The minimum atomic E-state index is -1.02. The average Bonchev–Trinajstić information content (AvgIpc) is 3.13. The maximum absolute atomic E-state index is 12.1. The Balaban J connectivity index is 1.50. The van der Waals surface area contributed by atoms with E-state index >= 15 is 0 Å². The quantitative estimate of drug-likeness (QED) is 0.772. The monoisotopic (exact) mass is 358 g/mol. The smallest absolute Gasteiger partial charge is 0.332 e. The first kappa shape index (κ1) is 17.4. The highest BCUT2D eigenvalue weighted by Gasteiger charge is 2.34. The fourth-order valence-electron chi connectivity index (χ4n) is 2.52. The van der Waals surface area contributed by atoms with Gasteiger partial charge in [-0.15, -0.1) is 11.8 Å². The number of amides is 1. The van der Waals surface area contributed by atoms with Crippen molar-refractivity contribution < 1.29 is 19.4 Å². The van der Waals surface area contributed by atoms with Gasteiger partial charge in [0.05, 0.1) is 0 Å². The van der Waals surface area contributed by atoms with Crippen LogP contribution in [-0.2, 0) is 20.1 Å². The van der Waals surface area contributed by atoms with Crippen molar-refractivity contribution >= 4 is 29.3 Å². The van der Waals surface area contributed by atoms with Crippen molar-refractivity contribution in [2.24, 2.45) is 0 Å². The van der Waals surface area contributed by atoms with Gasteiger partial charge in [-0.1, -0.05) is 6.07 Å². The van der Waals surface area contributed by atoms with E-state index in [1.54, 1.807) is 18.0 Å². The van der Waals surface area contributed by atoms with Crippen molar-refractivity contribution in [1.29, 1.82) is 0 Å². The van der Waals surface area contributed by atoms with Gasteiger partial charge in [0.15, 0.2) is 6.10 Å². The van der Waals surface area contributed by atoms with Crippen molar-refractivity contribution in [2.75, 3.05) is 5.32 Å². The number of pyridine rings is 1. The Morgan fingerprint density at radius 3 is 2.60 bits per heavy atom. The minimum absolute atomic E-state index is 0.306. The molecule has 2 aromatic rings. The molecule has 25 heavy (non-hydrogen) atoms. The zero-order chi connectivity index (χ0) is 17.6. The lowest BCUT2D eigenvalue weighted by atomic mass is 10.2. The molecule has 0 aliphatic carbocycles. The molecule has 0 bridgehead atoms. The predicted molar refractivity (Wildman–Crippen MR) is 94.4 cm³/mol. The largest absolute Gasteiger partial charge is 0.479 e. The summed E-state index contributed by atoms with van der Waals surface area (Å²) in [5.41, 5.74) is 1.81. The number of aliphatic carboxylic acids is 1. The van der Waals surface area contributed by atoms with Gasteiger partial charge in [0.1, 0.15) is 6.10 Å². The highest BCUT2D eigenvalue weighted by molar-refractivity contribution is 7.98. The van der Waals surface area contributed by atoms with Gasteiger partial charge >= 0.3 is 5.97 Å². The molecule has 1 amide bonds. The summed E-state index contributed by atoms with van der Waals surface area (Å²) >= 11 is 1.69. The van der Waals surface area contributed by atoms with Gasteiger partial charge in [0.2, 0.25) is 0 Å². The van der Waals surface area contributed by atoms with Gasteiger partial charge in [-0.3, -0.25) is 9.78 Å². The van der Waals surface area contributed by atoms with Crippen LogP contribution in [0, 0.1) is 0 Å². The molecule has 7 heteroatoms. The zero-order valence-corrected chi connectivity index (χ0v) is 14.2. The molecule has 1 fully saturated rings. The lowest BCUT2D eigenvalue weighted by molar-refractivity contribution is -0.150. The van der Waals surface area contributed by atoms with E-state index < -0.39 is 18.2 Å². The molecule has 1 aromatic heterocycles. The Morgan fingerprint density at radius 2 is 1.96 bits per heavy atom. The second-order valence-electron chi connectivity index (χ2n) is 5.69. The highest BCUT2D eigenvalue weighted by Crippen LogP contribution is 2.25. The normalized spacial score (nSPS) is 19.5. The standard InChI is InChI=1S/C18H18N2O4S/c21-17(15-7-8-16(24-15)18(22)23)20-13-3-5-14(6-4-13)25-11-12-2-1-9-19-10-12/h1-6,9-10,15-16H,7-8,11H2,(H,20,21)(H,22,23)/t15-,16+/m0/s1. The molecule has 6 nitrogen and oxygen atoms in total. The zero-order valence-electron chi connectivity index (χ0n) is 13.4. The summed E-state index contributed by atoms with van der Waals surface area (Å²) in [6.07, 6.45) is 2.77. The van der Waals surface area contributed by atoms with E-state index in [0.29, 0.717) is 18.5 Å². The first-order valence-electron chi connectivity index (χ1n) is 7.93. The lowest BCUT2D eigenvalue weighted by Crippen LogP contribution is -2.29. The molecule has 0 radical (unpaired) electrons. The third-order valence-electron chi connectivity index (χ3n) is 3.84. The van der Waals surface area contributed by atoms with Gasteiger partial charge in [0.25, 0.3) is 5.91 Å². The molecule has 0 saturated carbocycles. The molecule has 1 aliphatic heterocycles. The van der Waals surface area contributed by atoms with E-state index in [-0.39, 0.29) is 5.91 Å². The van der Waals surface area contributed by atoms with Gasteiger partial charge in [-0.05, 0) is 48.7 Å². The highest BCUT2D eigenvalue weighted by atomic mass is 32.2. The van der Waals surface area contributed by atoms with Gasteiger partial charge in [-0.2, -0.15) is 0 Å². The number of nitrogens with one attached hydrogen (secondary N) is 1. The lowest BCUT2D eigenvalue weighted by Gasteiger charge is -2.12. The maximum Gasteiger partial charge on any atom is 0.332 e. The number of carboxylic acid groups (broad SMARTS) is 1. The third kappa shape index (κ3) is 4.80.